The van der Waals surface area contributed by atoms with Crippen molar-refractivity contribution in [2.75, 3.05) is 0 Å². The van der Waals surface area contributed by atoms with Gasteiger partial charge in [-0.2, -0.15) is 0 Å². The van der Waals surface area contributed by atoms with E-state index in [-0.39, 0.29) is 25.0 Å². The summed E-state index contributed by atoms with van der Waals surface area (Å²) in [6.45, 7) is 2.65. The van der Waals surface area contributed by atoms with Crippen LogP contribution in [0.3, 0.4) is 0 Å². The van der Waals surface area contributed by atoms with Crippen molar-refractivity contribution in [1.82, 2.24) is 0 Å². The average Bonchev–Trinajstić information content (AvgIpc) is 2.70. The molecule has 29 heavy (non-hydrogen) atoms. The third kappa shape index (κ3) is 4.34. The van der Waals surface area contributed by atoms with Gasteiger partial charge in [0, 0.05) is 19.5 Å². The summed E-state index contributed by atoms with van der Waals surface area (Å²) >= 11 is 0. The number of rotatable bonds is 7. The summed E-state index contributed by atoms with van der Waals surface area (Å²) in [5, 5.41) is 2.60. The summed E-state index contributed by atoms with van der Waals surface area (Å²) in [5.41, 5.74) is -0.281. The van der Waals surface area contributed by atoms with E-state index in [4.69, 9.17) is 0 Å². The molecule has 0 spiro atoms. The van der Waals surface area contributed by atoms with E-state index in [0.717, 1.165) is 15.9 Å². The second kappa shape index (κ2) is 9.96. The first-order chi connectivity index (χ1) is 13.5. The normalized spacial score (nSPS) is 11.4. The van der Waals surface area contributed by atoms with Gasteiger partial charge in [-0.1, -0.05) is 0 Å². The Balaban J connectivity index is 0.00000300. The maximum Gasteiger partial charge on any atom is 0 e. The smallest absolute Gasteiger partial charge is 0 e. The molecule has 0 saturated carbocycles. The van der Waals surface area contributed by atoms with Gasteiger partial charge >= 0.3 is 165 Å². The van der Waals surface area contributed by atoms with Gasteiger partial charge in [0.05, 0.1) is 0 Å². The molecule has 151 valence electrons. The van der Waals surface area contributed by atoms with Gasteiger partial charge in [0.15, 0.2) is 0 Å². The van der Waals surface area contributed by atoms with Crippen molar-refractivity contribution < 1.29 is 33.9 Å². The topological polar surface area (TPSA) is 51.2 Å². The van der Waals surface area contributed by atoms with Crippen molar-refractivity contribution in [3.63, 3.8) is 0 Å². The molecular weight excluding hydrogens is 470 g/mol. The van der Waals surface area contributed by atoms with Crippen LogP contribution >= 0.6 is 7.26 Å². The first kappa shape index (κ1) is 23.0. The van der Waals surface area contributed by atoms with E-state index in [2.05, 4.69) is 0 Å². The Labute approximate surface area is 184 Å². The molecule has 5 heteroatoms. The molecule has 0 aliphatic rings. The Bertz CT molecular complexity index is 878. The number of hydrogen-bond donors (Lipinski definition) is 0. The SMILES string of the molecule is CC(=O)C(C(C)=O)C(=O)[PH](c1ccccc1)(c1ccccc1)c1ccccc1.[Rh]. The molecule has 3 nitrogen and oxygen atoms in total. The molecular formula is C24H23O3PRh. The molecule has 0 N–H and O–H groups in total. The zero-order chi connectivity index (χ0) is 20.1. The van der Waals surface area contributed by atoms with Crippen LogP contribution in [0.15, 0.2) is 91.0 Å². The number of ketones is 2. The Morgan fingerprint density at radius 3 is 1.10 bits per heavy atom. The third-order valence-electron chi connectivity index (χ3n) is 5.07. The van der Waals surface area contributed by atoms with Crippen LogP contribution in [0.5, 0.6) is 0 Å². The maximum atomic E-state index is 14.1. The first-order valence-electron chi connectivity index (χ1n) is 9.21. The van der Waals surface area contributed by atoms with Gasteiger partial charge in [0.1, 0.15) is 0 Å². The molecule has 0 saturated heterocycles. The van der Waals surface area contributed by atoms with Gasteiger partial charge in [0.25, 0.3) is 0 Å². The van der Waals surface area contributed by atoms with E-state index < -0.39 is 24.7 Å². The summed E-state index contributed by atoms with van der Waals surface area (Å²) < 4.78 is 0. The number of Topliss-reactive ketones (excluding diaryl/α,β-unsaturated/α-hetero) is 2. The molecule has 0 atom stereocenters. The largest absolute Gasteiger partial charge is 0 e. The van der Waals surface area contributed by atoms with Crippen molar-refractivity contribution >= 4 is 40.3 Å². The number of carbonyl (C=O) groups is 3. The second-order valence-corrected chi connectivity index (χ2v) is 10.6. The van der Waals surface area contributed by atoms with Crippen molar-refractivity contribution in [2.24, 2.45) is 5.92 Å². The van der Waals surface area contributed by atoms with Gasteiger partial charge in [0.2, 0.25) is 0 Å². The van der Waals surface area contributed by atoms with Crippen molar-refractivity contribution in [1.29, 1.82) is 0 Å². The van der Waals surface area contributed by atoms with E-state index in [1.165, 1.54) is 13.8 Å². The van der Waals surface area contributed by atoms with E-state index in [9.17, 15) is 14.4 Å². The monoisotopic (exact) mass is 493 g/mol. The summed E-state index contributed by atoms with van der Waals surface area (Å²) in [5.74, 6) is -2.07. The van der Waals surface area contributed by atoms with Gasteiger partial charge in [-0.25, -0.2) is 0 Å². The second-order valence-electron chi connectivity index (χ2n) is 6.87. The molecule has 0 bridgehead atoms. The standard InChI is InChI=1S/C24H23O3P.Rh/c1-18(25)23(19(2)26)24(27)28(20-12-6-3-7-13-20,21-14-8-4-9-15-21)22-16-10-5-11-17-22;/h3-17,23,28H,1-2H3;. The molecule has 0 heterocycles. The van der Waals surface area contributed by atoms with Crippen LogP contribution in [0, 0.1) is 5.92 Å². The number of benzene rings is 3. The molecule has 0 amide bonds. The molecule has 0 aromatic heterocycles. The molecule has 1 radical (unpaired) electrons. The van der Waals surface area contributed by atoms with Gasteiger partial charge in [-0.3, -0.25) is 0 Å². The van der Waals surface area contributed by atoms with Crippen LogP contribution in [0.1, 0.15) is 13.8 Å². The van der Waals surface area contributed by atoms with Crippen LogP contribution < -0.4 is 15.9 Å². The Morgan fingerprint density at radius 1 is 0.586 bits per heavy atom. The molecule has 3 rings (SSSR count). The van der Waals surface area contributed by atoms with Gasteiger partial charge in [-0.15, -0.1) is 0 Å². The number of hydrogen-bond acceptors (Lipinski definition) is 3. The van der Waals surface area contributed by atoms with Crippen molar-refractivity contribution in [2.45, 2.75) is 13.8 Å². The summed E-state index contributed by atoms with van der Waals surface area (Å²) in [7, 11) is -3.30. The predicted molar refractivity (Wildman–Crippen MR) is 116 cm³/mol. The maximum absolute atomic E-state index is 14.1. The van der Waals surface area contributed by atoms with Crippen molar-refractivity contribution in [3.05, 3.63) is 91.0 Å². The summed E-state index contributed by atoms with van der Waals surface area (Å²) in [4.78, 5) is 38.8. The fourth-order valence-electron chi connectivity index (χ4n) is 3.86. The van der Waals surface area contributed by atoms with Gasteiger partial charge < -0.3 is 0 Å². The summed E-state index contributed by atoms with van der Waals surface area (Å²) in [6, 6.07) is 28.7. The van der Waals surface area contributed by atoms with E-state index >= 15 is 0 Å². The molecule has 0 fully saturated rings. The molecule has 0 aliphatic heterocycles. The average molecular weight is 493 g/mol. The Hall–Kier alpha value is -2.28. The van der Waals surface area contributed by atoms with Crippen LogP contribution in [0.2, 0.25) is 0 Å². The Morgan fingerprint density at radius 2 is 0.862 bits per heavy atom. The molecule has 3 aromatic carbocycles. The zero-order valence-electron chi connectivity index (χ0n) is 16.3. The van der Waals surface area contributed by atoms with E-state index in [1.54, 1.807) is 0 Å². The fraction of sp³-hybridized carbons (Fsp3) is 0.125. The quantitative estimate of drug-likeness (QED) is 0.289. The van der Waals surface area contributed by atoms with Gasteiger partial charge in [-0.05, 0) is 0 Å². The third-order valence-corrected chi connectivity index (χ3v) is 9.69. The summed E-state index contributed by atoms with van der Waals surface area (Å²) in [6.07, 6.45) is 0. The van der Waals surface area contributed by atoms with Crippen LogP contribution in [-0.2, 0) is 33.9 Å². The minimum atomic E-state index is -3.30. The first-order valence-corrected chi connectivity index (χ1v) is 11.2. The molecule has 3 aromatic rings. The Kier molecular flexibility index (Phi) is 7.91. The molecule has 0 aliphatic carbocycles. The minimum Gasteiger partial charge on any atom is 0 e. The zero-order valence-corrected chi connectivity index (χ0v) is 18.9. The van der Waals surface area contributed by atoms with E-state index in [0.29, 0.717) is 0 Å². The van der Waals surface area contributed by atoms with Crippen LogP contribution in [0.4, 0.5) is 0 Å². The molecule has 0 unspecified atom stereocenters. The predicted octanol–water partition coefficient (Wildman–Crippen LogP) is 3.03. The number of carbonyl (C=O) groups excluding carboxylic acids is 3. The minimum absolute atomic E-state index is 0. The van der Waals surface area contributed by atoms with E-state index in [1.807, 2.05) is 91.0 Å². The van der Waals surface area contributed by atoms with Crippen LogP contribution in [0.25, 0.3) is 0 Å². The fourth-order valence-corrected chi connectivity index (χ4v) is 8.63. The van der Waals surface area contributed by atoms with Crippen molar-refractivity contribution in [3.8, 4) is 0 Å². The van der Waals surface area contributed by atoms with Crippen LogP contribution in [-0.4, -0.2) is 17.1 Å².